The number of para-hydroxylation sites is 1. The highest BCUT2D eigenvalue weighted by Crippen LogP contribution is 2.35. The fourth-order valence-electron chi connectivity index (χ4n) is 2.65. The van der Waals surface area contributed by atoms with Gasteiger partial charge in [0.25, 0.3) is 0 Å². The minimum atomic E-state index is -4.29. The van der Waals surface area contributed by atoms with Gasteiger partial charge in [0.05, 0.1) is 5.56 Å². The van der Waals surface area contributed by atoms with Crippen molar-refractivity contribution in [1.29, 1.82) is 0 Å². The van der Waals surface area contributed by atoms with Gasteiger partial charge in [-0.25, -0.2) is 0 Å². The van der Waals surface area contributed by atoms with E-state index in [1.54, 1.807) is 6.07 Å². The number of hydrogen-bond acceptors (Lipinski definition) is 1. The summed E-state index contributed by atoms with van der Waals surface area (Å²) in [6.07, 6.45) is -0.872. The maximum atomic E-state index is 12.8. The predicted molar refractivity (Wildman–Crippen MR) is 66.4 cm³/mol. The second-order valence-electron chi connectivity index (χ2n) is 5.21. The van der Waals surface area contributed by atoms with Crippen molar-refractivity contribution in [3.05, 3.63) is 29.8 Å². The molecule has 18 heavy (non-hydrogen) atoms. The zero-order chi connectivity index (χ0) is 13.2. The predicted octanol–water partition coefficient (Wildman–Crippen LogP) is 4.55. The van der Waals surface area contributed by atoms with Crippen LogP contribution >= 0.6 is 0 Å². The SMILES string of the molecule is CC1CCC(CNc2ccccc2C(F)(F)F)C1. The van der Waals surface area contributed by atoms with Crippen molar-refractivity contribution in [2.24, 2.45) is 11.8 Å². The van der Waals surface area contributed by atoms with Gasteiger partial charge < -0.3 is 5.32 Å². The lowest BCUT2D eigenvalue weighted by molar-refractivity contribution is -0.136. The Hall–Kier alpha value is -1.19. The zero-order valence-electron chi connectivity index (χ0n) is 10.4. The van der Waals surface area contributed by atoms with Gasteiger partial charge in [-0.05, 0) is 36.8 Å². The summed E-state index contributed by atoms with van der Waals surface area (Å²) < 4.78 is 38.3. The molecule has 2 atom stereocenters. The highest BCUT2D eigenvalue weighted by molar-refractivity contribution is 5.52. The van der Waals surface area contributed by atoms with Crippen LogP contribution in [0.5, 0.6) is 0 Å². The van der Waals surface area contributed by atoms with Crippen LogP contribution in [0, 0.1) is 11.8 Å². The first kappa shape index (κ1) is 13.2. The molecule has 4 heteroatoms. The molecular weight excluding hydrogens is 239 g/mol. The molecule has 1 aromatic carbocycles. The van der Waals surface area contributed by atoms with E-state index in [1.807, 2.05) is 0 Å². The highest BCUT2D eigenvalue weighted by atomic mass is 19.4. The Morgan fingerprint density at radius 2 is 1.94 bits per heavy atom. The van der Waals surface area contributed by atoms with Gasteiger partial charge in [-0.1, -0.05) is 25.5 Å². The lowest BCUT2D eigenvalue weighted by atomic mass is 10.1. The maximum absolute atomic E-state index is 12.8. The fraction of sp³-hybridized carbons (Fsp3) is 0.571. The van der Waals surface area contributed by atoms with E-state index in [1.165, 1.54) is 18.6 Å². The summed E-state index contributed by atoms with van der Waals surface area (Å²) in [6.45, 7) is 2.83. The molecule has 1 saturated carbocycles. The van der Waals surface area contributed by atoms with Gasteiger partial charge in [-0.2, -0.15) is 13.2 Å². The summed E-state index contributed by atoms with van der Waals surface area (Å²) in [5.41, 5.74) is -0.374. The lowest BCUT2D eigenvalue weighted by Gasteiger charge is -2.17. The molecule has 0 radical (unpaired) electrons. The van der Waals surface area contributed by atoms with E-state index in [0.717, 1.165) is 18.9 Å². The van der Waals surface area contributed by atoms with Crippen molar-refractivity contribution < 1.29 is 13.2 Å². The second-order valence-corrected chi connectivity index (χ2v) is 5.21. The standard InChI is InChI=1S/C14H18F3N/c1-10-6-7-11(8-10)9-18-13-5-3-2-4-12(13)14(15,16)17/h2-5,10-11,18H,6-9H2,1H3. The molecule has 0 aromatic heterocycles. The van der Waals surface area contributed by atoms with E-state index in [2.05, 4.69) is 12.2 Å². The Bertz CT molecular complexity index is 400. The molecule has 1 aliphatic rings. The summed E-state index contributed by atoms with van der Waals surface area (Å²) >= 11 is 0. The average molecular weight is 257 g/mol. The van der Waals surface area contributed by atoms with E-state index >= 15 is 0 Å². The van der Waals surface area contributed by atoms with E-state index < -0.39 is 11.7 Å². The molecule has 0 spiro atoms. The molecule has 0 amide bonds. The highest BCUT2D eigenvalue weighted by Gasteiger charge is 2.33. The number of nitrogens with one attached hydrogen (secondary N) is 1. The Morgan fingerprint density at radius 3 is 2.56 bits per heavy atom. The van der Waals surface area contributed by atoms with Crippen molar-refractivity contribution in [1.82, 2.24) is 0 Å². The molecule has 1 aliphatic carbocycles. The van der Waals surface area contributed by atoms with Crippen molar-refractivity contribution >= 4 is 5.69 Å². The molecule has 1 nitrogen and oxygen atoms in total. The van der Waals surface area contributed by atoms with E-state index in [-0.39, 0.29) is 5.69 Å². The van der Waals surface area contributed by atoms with Crippen LogP contribution < -0.4 is 5.32 Å². The van der Waals surface area contributed by atoms with Crippen LogP contribution in [0.3, 0.4) is 0 Å². The molecule has 2 rings (SSSR count). The number of halogens is 3. The third-order valence-corrected chi connectivity index (χ3v) is 3.62. The Morgan fingerprint density at radius 1 is 1.22 bits per heavy atom. The first-order chi connectivity index (χ1) is 8.47. The van der Waals surface area contributed by atoms with Crippen LogP contribution in [-0.2, 0) is 6.18 Å². The third-order valence-electron chi connectivity index (χ3n) is 3.62. The van der Waals surface area contributed by atoms with Crippen molar-refractivity contribution in [3.63, 3.8) is 0 Å². The van der Waals surface area contributed by atoms with Gasteiger partial charge in [-0.3, -0.25) is 0 Å². The molecule has 2 unspecified atom stereocenters. The summed E-state index contributed by atoms with van der Waals surface area (Å²) in [4.78, 5) is 0. The summed E-state index contributed by atoms with van der Waals surface area (Å²) in [6, 6.07) is 5.68. The van der Waals surface area contributed by atoms with Crippen molar-refractivity contribution in [3.8, 4) is 0 Å². The molecule has 0 heterocycles. The Balaban J connectivity index is 2.01. The van der Waals surface area contributed by atoms with Crippen LogP contribution in [0.2, 0.25) is 0 Å². The van der Waals surface area contributed by atoms with E-state index in [0.29, 0.717) is 18.4 Å². The molecule has 0 saturated heterocycles. The molecular formula is C14H18F3N. The Kier molecular flexibility index (Phi) is 3.83. The monoisotopic (exact) mass is 257 g/mol. The average Bonchev–Trinajstić information content (AvgIpc) is 2.72. The van der Waals surface area contributed by atoms with Crippen molar-refractivity contribution in [2.45, 2.75) is 32.4 Å². The first-order valence-corrected chi connectivity index (χ1v) is 6.37. The number of hydrogen-bond donors (Lipinski definition) is 1. The molecule has 0 aliphatic heterocycles. The Labute approximate surface area is 105 Å². The zero-order valence-corrected chi connectivity index (χ0v) is 10.4. The summed E-state index contributed by atoms with van der Waals surface area (Å²) in [5.74, 6) is 1.20. The van der Waals surface area contributed by atoms with Gasteiger partial charge in [0.1, 0.15) is 0 Å². The normalized spacial score (nSPS) is 24.2. The topological polar surface area (TPSA) is 12.0 Å². The molecule has 0 bridgehead atoms. The minimum Gasteiger partial charge on any atom is -0.384 e. The maximum Gasteiger partial charge on any atom is 0.418 e. The molecule has 1 aromatic rings. The fourth-order valence-corrected chi connectivity index (χ4v) is 2.65. The van der Waals surface area contributed by atoms with E-state index in [4.69, 9.17) is 0 Å². The minimum absolute atomic E-state index is 0.199. The van der Waals surface area contributed by atoms with E-state index in [9.17, 15) is 13.2 Å². The summed E-state index contributed by atoms with van der Waals surface area (Å²) in [5, 5.41) is 2.96. The number of alkyl halides is 3. The van der Waals surface area contributed by atoms with Gasteiger partial charge in [0.2, 0.25) is 0 Å². The number of rotatable bonds is 3. The molecule has 100 valence electrons. The smallest absolute Gasteiger partial charge is 0.384 e. The third kappa shape index (κ3) is 3.18. The van der Waals surface area contributed by atoms with Crippen LogP contribution in [0.25, 0.3) is 0 Å². The van der Waals surface area contributed by atoms with Crippen LogP contribution in [0.1, 0.15) is 31.7 Å². The number of benzene rings is 1. The van der Waals surface area contributed by atoms with Crippen LogP contribution in [0.15, 0.2) is 24.3 Å². The van der Waals surface area contributed by atoms with Gasteiger partial charge in [-0.15, -0.1) is 0 Å². The molecule has 1 N–H and O–H groups in total. The van der Waals surface area contributed by atoms with Crippen LogP contribution in [-0.4, -0.2) is 6.54 Å². The van der Waals surface area contributed by atoms with Crippen LogP contribution in [0.4, 0.5) is 18.9 Å². The molecule has 1 fully saturated rings. The lowest BCUT2D eigenvalue weighted by Crippen LogP contribution is -2.15. The van der Waals surface area contributed by atoms with Crippen molar-refractivity contribution in [2.75, 3.05) is 11.9 Å². The first-order valence-electron chi connectivity index (χ1n) is 6.37. The van der Waals surface area contributed by atoms with Gasteiger partial charge in [0.15, 0.2) is 0 Å². The largest absolute Gasteiger partial charge is 0.418 e. The van der Waals surface area contributed by atoms with Gasteiger partial charge in [0, 0.05) is 12.2 Å². The quantitative estimate of drug-likeness (QED) is 0.837. The second kappa shape index (κ2) is 5.21. The summed E-state index contributed by atoms with van der Waals surface area (Å²) in [7, 11) is 0. The van der Waals surface area contributed by atoms with Gasteiger partial charge >= 0.3 is 6.18 Å². The number of anilines is 1.